The highest BCUT2D eigenvalue weighted by atomic mass is 16.5. The van der Waals surface area contributed by atoms with E-state index in [2.05, 4.69) is 10.2 Å². The van der Waals surface area contributed by atoms with Crippen LogP contribution in [0.1, 0.15) is 32.6 Å². The van der Waals surface area contributed by atoms with Gasteiger partial charge in [-0.25, -0.2) is 0 Å². The molecular weight excluding hydrogens is 240 g/mol. The third kappa shape index (κ3) is 2.40. The van der Waals surface area contributed by atoms with E-state index >= 15 is 0 Å². The zero-order valence-electron chi connectivity index (χ0n) is 12.2. The summed E-state index contributed by atoms with van der Waals surface area (Å²) >= 11 is 0. The summed E-state index contributed by atoms with van der Waals surface area (Å²) in [5, 5.41) is 3.39. The van der Waals surface area contributed by atoms with E-state index in [0.717, 1.165) is 24.7 Å². The summed E-state index contributed by atoms with van der Waals surface area (Å²) in [5.41, 5.74) is -0.218. The number of nitrogens with zero attached hydrogens (tertiary/aromatic N) is 1. The number of hydrogen-bond acceptors (Lipinski definition) is 4. The summed E-state index contributed by atoms with van der Waals surface area (Å²) < 4.78 is 4.91. The lowest BCUT2D eigenvalue weighted by Crippen LogP contribution is -2.58. The van der Waals surface area contributed by atoms with Gasteiger partial charge in [0.25, 0.3) is 0 Å². The second kappa shape index (κ2) is 5.06. The van der Waals surface area contributed by atoms with Crippen molar-refractivity contribution in [1.82, 2.24) is 10.2 Å². The Labute approximate surface area is 115 Å². The van der Waals surface area contributed by atoms with E-state index in [-0.39, 0.29) is 11.4 Å². The molecule has 19 heavy (non-hydrogen) atoms. The Bertz CT molecular complexity index is 348. The lowest BCUT2D eigenvalue weighted by atomic mass is 9.65. The highest BCUT2D eigenvalue weighted by Gasteiger charge is 2.50. The number of nitrogens with one attached hydrogen (secondary N) is 1. The Balaban J connectivity index is 1.52. The zero-order valence-corrected chi connectivity index (χ0v) is 12.2. The van der Waals surface area contributed by atoms with Gasteiger partial charge >= 0.3 is 5.97 Å². The third-order valence-electron chi connectivity index (χ3n) is 5.54. The maximum Gasteiger partial charge on any atom is 0.311 e. The minimum absolute atomic E-state index is 0.0273. The third-order valence-corrected chi connectivity index (χ3v) is 5.54. The van der Waals surface area contributed by atoms with E-state index in [0.29, 0.717) is 6.04 Å². The second-order valence-corrected chi connectivity index (χ2v) is 6.93. The number of hydrogen-bond donors (Lipinski definition) is 1. The van der Waals surface area contributed by atoms with Crippen molar-refractivity contribution in [2.24, 2.45) is 17.3 Å². The van der Waals surface area contributed by atoms with Crippen LogP contribution in [0.15, 0.2) is 0 Å². The molecule has 0 unspecified atom stereocenters. The van der Waals surface area contributed by atoms with Gasteiger partial charge in [-0.3, -0.25) is 4.79 Å². The van der Waals surface area contributed by atoms with Gasteiger partial charge in [-0.15, -0.1) is 0 Å². The van der Waals surface area contributed by atoms with Crippen LogP contribution in [0.3, 0.4) is 0 Å². The summed E-state index contributed by atoms with van der Waals surface area (Å²) in [6, 6.07) is 0.611. The SMILES string of the molecule is COC(=O)[C@]1(C)C[C@@H](N2CCC[C@H](C3CNC3)C2)C1. The van der Waals surface area contributed by atoms with Crippen molar-refractivity contribution in [3.8, 4) is 0 Å². The molecule has 108 valence electrons. The van der Waals surface area contributed by atoms with Crippen molar-refractivity contribution in [3.05, 3.63) is 0 Å². The lowest BCUT2D eigenvalue weighted by Gasteiger charge is -2.51. The average Bonchev–Trinajstić information content (AvgIpc) is 2.32. The van der Waals surface area contributed by atoms with Crippen LogP contribution in [0.5, 0.6) is 0 Å². The molecule has 0 amide bonds. The minimum atomic E-state index is -0.218. The van der Waals surface area contributed by atoms with Gasteiger partial charge in [-0.1, -0.05) is 0 Å². The van der Waals surface area contributed by atoms with Crippen LogP contribution in [0.2, 0.25) is 0 Å². The first-order valence-electron chi connectivity index (χ1n) is 7.65. The smallest absolute Gasteiger partial charge is 0.311 e. The predicted octanol–water partition coefficient (Wildman–Crippen LogP) is 1.26. The fourth-order valence-corrected chi connectivity index (χ4v) is 4.05. The molecule has 0 spiro atoms. The topological polar surface area (TPSA) is 41.6 Å². The van der Waals surface area contributed by atoms with Gasteiger partial charge in [-0.2, -0.15) is 0 Å². The van der Waals surface area contributed by atoms with E-state index in [1.165, 1.54) is 46.1 Å². The molecule has 3 rings (SSSR count). The highest BCUT2D eigenvalue weighted by Crippen LogP contribution is 2.45. The van der Waals surface area contributed by atoms with Crippen LogP contribution in [-0.2, 0) is 9.53 Å². The van der Waals surface area contributed by atoms with Gasteiger partial charge in [0.1, 0.15) is 0 Å². The molecule has 1 saturated carbocycles. The molecule has 0 radical (unpaired) electrons. The normalized spacial score (nSPS) is 40.3. The van der Waals surface area contributed by atoms with Crippen molar-refractivity contribution in [3.63, 3.8) is 0 Å². The molecule has 4 heteroatoms. The summed E-state index contributed by atoms with van der Waals surface area (Å²) in [7, 11) is 1.50. The van der Waals surface area contributed by atoms with Gasteiger partial charge in [-0.05, 0) is 64.1 Å². The second-order valence-electron chi connectivity index (χ2n) is 6.93. The number of methoxy groups -OCH3 is 1. The van der Waals surface area contributed by atoms with Crippen molar-refractivity contribution in [2.75, 3.05) is 33.3 Å². The van der Waals surface area contributed by atoms with Crippen molar-refractivity contribution >= 4 is 5.97 Å². The molecule has 4 nitrogen and oxygen atoms in total. The van der Waals surface area contributed by atoms with Gasteiger partial charge in [0.05, 0.1) is 12.5 Å². The van der Waals surface area contributed by atoms with Crippen LogP contribution in [0.4, 0.5) is 0 Å². The Hall–Kier alpha value is -0.610. The Morgan fingerprint density at radius 1 is 1.32 bits per heavy atom. The molecular formula is C15H26N2O2. The fraction of sp³-hybridized carbons (Fsp3) is 0.933. The summed E-state index contributed by atoms with van der Waals surface area (Å²) in [6.07, 6.45) is 4.68. The number of esters is 1. The molecule has 0 aromatic carbocycles. The van der Waals surface area contributed by atoms with Crippen molar-refractivity contribution in [1.29, 1.82) is 0 Å². The molecule has 2 aliphatic heterocycles. The minimum Gasteiger partial charge on any atom is -0.469 e. The van der Waals surface area contributed by atoms with E-state index in [9.17, 15) is 4.79 Å². The van der Waals surface area contributed by atoms with E-state index in [1.54, 1.807) is 0 Å². The maximum atomic E-state index is 11.7. The maximum absolute atomic E-state index is 11.7. The van der Waals surface area contributed by atoms with Crippen LogP contribution in [0, 0.1) is 17.3 Å². The number of likely N-dealkylation sites (tertiary alicyclic amines) is 1. The Morgan fingerprint density at radius 3 is 2.63 bits per heavy atom. The molecule has 0 aromatic rings. The standard InChI is InChI=1S/C15H26N2O2/c1-15(14(18)19-2)6-13(7-15)17-5-3-4-11(10-17)12-8-16-9-12/h11-13,16H,3-10H2,1-2H3/t11-,13-,15-/m0/s1. The quantitative estimate of drug-likeness (QED) is 0.781. The van der Waals surface area contributed by atoms with Gasteiger partial charge in [0, 0.05) is 12.6 Å². The van der Waals surface area contributed by atoms with Gasteiger partial charge in [0.2, 0.25) is 0 Å². The van der Waals surface area contributed by atoms with E-state index in [1.807, 2.05) is 6.92 Å². The number of rotatable bonds is 3. The van der Waals surface area contributed by atoms with Crippen LogP contribution in [-0.4, -0.2) is 50.2 Å². The molecule has 2 saturated heterocycles. The van der Waals surface area contributed by atoms with Crippen molar-refractivity contribution in [2.45, 2.75) is 38.6 Å². The number of piperidine rings is 1. The number of ether oxygens (including phenoxy) is 1. The first kappa shape index (κ1) is 13.4. The monoisotopic (exact) mass is 266 g/mol. The first-order valence-corrected chi connectivity index (χ1v) is 7.65. The van der Waals surface area contributed by atoms with Crippen LogP contribution in [0.25, 0.3) is 0 Å². The molecule has 1 aliphatic carbocycles. The van der Waals surface area contributed by atoms with Crippen LogP contribution >= 0.6 is 0 Å². The highest BCUT2D eigenvalue weighted by molar-refractivity contribution is 5.77. The largest absolute Gasteiger partial charge is 0.469 e. The molecule has 1 atom stereocenters. The van der Waals surface area contributed by atoms with Crippen molar-refractivity contribution < 1.29 is 9.53 Å². The lowest BCUT2D eigenvalue weighted by molar-refractivity contribution is -0.162. The van der Waals surface area contributed by atoms with Crippen LogP contribution < -0.4 is 5.32 Å². The first-order chi connectivity index (χ1) is 9.12. The summed E-state index contributed by atoms with van der Waals surface area (Å²) in [5.74, 6) is 1.75. The predicted molar refractivity (Wildman–Crippen MR) is 73.8 cm³/mol. The Kier molecular flexibility index (Phi) is 3.56. The summed E-state index contributed by atoms with van der Waals surface area (Å²) in [6.45, 7) is 6.94. The van der Waals surface area contributed by atoms with E-state index in [4.69, 9.17) is 4.74 Å². The van der Waals surface area contributed by atoms with Gasteiger partial charge < -0.3 is 15.0 Å². The number of carbonyl (C=O) groups excluding carboxylic acids is 1. The molecule has 0 bridgehead atoms. The molecule has 2 heterocycles. The average molecular weight is 266 g/mol. The fourth-order valence-electron chi connectivity index (χ4n) is 4.05. The summed E-state index contributed by atoms with van der Waals surface area (Å²) in [4.78, 5) is 14.4. The zero-order chi connectivity index (χ0) is 13.5. The Morgan fingerprint density at radius 2 is 2.05 bits per heavy atom. The van der Waals surface area contributed by atoms with Gasteiger partial charge in [0.15, 0.2) is 0 Å². The number of carbonyl (C=O) groups is 1. The molecule has 3 aliphatic rings. The molecule has 3 fully saturated rings. The molecule has 0 aromatic heterocycles. The van der Waals surface area contributed by atoms with E-state index < -0.39 is 0 Å². The molecule has 1 N–H and O–H groups in total.